The molecule has 0 aliphatic rings. The first kappa shape index (κ1) is 31.6. The molecule has 0 aliphatic carbocycles. The second kappa shape index (κ2) is 13.4. The zero-order valence-electron chi connectivity index (χ0n) is 29.6. The molecule has 0 aliphatic heterocycles. The molecule has 0 bridgehead atoms. The Bertz CT molecular complexity index is 2920. The van der Waals surface area contributed by atoms with E-state index in [0.29, 0.717) is 0 Å². The fourth-order valence-electron chi connectivity index (χ4n) is 7.81. The number of furan rings is 1. The predicted octanol–water partition coefficient (Wildman–Crippen LogP) is 14.9. The van der Waals surface area contributed by atoms with E-state index in [-0.39, 0.29) is 0 Å². The highest BCUT2D eigenvalue weighted by atomic mass is 16.3. The van der Waals surface area contributed by atoms with Gasteiger partial charge in [0.25, 0.3) is 0 Å². The summed E-state index contributed by atoms with van der Waals surface area (Å²) in [6.45, 7) is 0. The van der Waals surface area contributed by atoms with Crippen molar-refractivity contribution in [3.8, 4) is 44.5 Å². The van der Waals surface area contributed by atoms with Crippen molar-refractivity contribution in [2.45, 2.75) is 0 Å². The number of fused-ring (bicyclic) bond motifs is 4. The quantitative estimate of drug-likeness (QED) is 0.166. The Hall–Kier alpha value is -7.16. The van der Waals surface area contributed by atoms with Crippen LogP contribution in [0.25, 0.3) is 77.2 Å². The lowest BCUT2D eigenvalue weighted by Gasteiger charge is -2.28. The van der Waals surface area contributed by atoms with Gasteiger partial charge < -0.3 is 9.32 Å². The predicted molar refractivity (Wildman–Crippen MR) is 228 cm³/mol. The Morgan fingerprint density at radius 3 is 1.63 bits per heavy atom. The molecular weight excluding hydrogens is 655 g/mol. The van der Waals surface area contributed by atoms with Crippen molar-refractivity contribution in [1.82, 2.24) is 0 Å². The molecule has 0 spiro atoms. The maximum Gasteiger partial charge on any atom is 0.135 e. The molecule has 1 heterocycles. The third-order valence-corrected chi connectivity index (χ3v) is 10.5. The summed E-state index contributed by atoms with van der Waals surface area (Å²) < 4.78 is 6.11. The molecule has 54 heavy (non-hydrogen) atoms. The summed E-state index contributed by atoms with van der Waals surface area (Å²) >= 11 is 0. The molecule has 0 atom stereocenters. The topological polar surface area (TPSA) is 16.4 Å². The zero-order chi connectivity index (χ0) is 35.8. The average molecular weight is 690 g/mol. The number of para-hydroxylation sites is 2. The van der Waals surface area contributed by atoms with Gasteiger partial charge in [-0.2, -0.15) is 0 Å². The van der Waals surface area contributed by atoms with Crippen LogP contribution in [0.3, 0.4) is 0 Å². The lowest BCUT2D eigenvalue weighted by Crippen LogP contribution is -2.11. The average Bonchev–Trinajstić information content (AvgIpc) is 3.63. The molecule has 2 heteroatoms. The van der Waals surface area contributed by atoms with Gasteiger partial charge in [0.05, 0.1) is 5.69 Å². The summed E-state index contributed by atoms with van der Waals surface area (Å²) in [6.07, 6.45) is 0. The van der Waals surface area contributed by atoms with E-state index in [0.717, 1.165) is 50.1 Å². The van der Waals surface area contributed by atoms with Gasteiger partial charge in [-0.25, -0.2) is 0 Å². The molecule has 10 aromatic rings. The molecule has 10 rings (SSSR count). The molecule has 1 aromatic heterocycles. The molecule has 2 nitrogen and oxygen atoms in total. The van der Waals surface area contributed by atoms with Gasteiger partial charge in [-0.05, 0) is 104 Å². The number of benzene rings is 9. The minimum absolute atomic E-state index is 0.906. The number of hydrogen-bond donors (Lipinski definition) is 0. The highest BCUT2D eigenvalue weighted by molar-refractivity contribution is 6.06. The van der Waals surface area contributed by atoms with Crippen molar-refractivity contribution in [2.24, 2.45) is 0 Å². The molecule has 254 valence electrons. The van der Waals surface area contributed by atoms with E-state index in [1.54, 1.807) is 0 Å². The normalized spacial score (nSPS) is 11.3. The van der Waals surface area contributed by atoms with Crippen LogP contribution in [0.5, 0.6) is 0 Å². The summed E-state index contributed by atoms with van der Waals surface area (Å²) in [7, 11) is 0. The third-order valence-electron chi connectivity index (χ3n) is 10.5. The first-order chi connectivity index (χ1) is 26.8. The minimum Gasteiger partial charge on any atom is -0.456 e. The summed E-state index contributed by atoms with van der Waals surface area (Å²) in [4.78, 5) is 2.37. The van der Waals surface area contributed by atoms with Crippen LogP contribution < -0.4 is 4.90 Å². The maximum absolute atomic E-state index is 6.11. The van der Waals surface area contributed by atoms with Gasteiger partial charge in [-0.1, -0.05) is 158 Å². The standard InChI is InChI=1S/C52H35NO/c1-2-12-39(13-3-1)47-19-6-8-22-50(47)53(44-31-26-37(27-32-44)41-28-33-52-49(35-41)48-20-7-9-23-51(48)54-52)43-29-24-36(25-30-43)40-16-10-17-42(34-40)46-21-11-15-38-14-4-5-18-45(38)46/h1-35H. The van der Waals surface area contributed by atoms with Gasteiger partial charge in [-0.3, -0.25) is 0 Å². The van der Waals surface area contributed by atoms with E-state index in [1.165, 1.54) is 44.2 Å². The molecule has 0 amide bonds. The van der Waals surface area contributed by atoms with E-state index >= 15 is 0 Å². The largest absolute Gasteiger partial charge is 0.456 e. The van der Waals surface area contributed by atoms with E-state index in [1.807, 2.05) is 12.1 Å². The van der Waals surface area contributed by atoms with Crippen molar-refractivity contribution in [1.29, 1.82) is 0 Å². The van der Waals surface area contributed by atoms with E-state index in [9.17, 15) is 0 Å². The van der Waals surface area contributed by atoms with E-state index < -0.39 is 0 Å². The first-order valence-electron chi connectivity index (χ1n) is 18.4. The van der Waals surface area contributed by atoms with E-state index in [4.69, 9.17) is 4.42 Å². The fourth-order valence-corrected chi connectivity index (χ4v) is 7.81. The Morgan fingerprint density at radius 1 is 0.296 bits per heavy atom. The van der Waals surface area contributed by atoms with E-state index in [2.05, 4.69) is 205 Å². The molecule has 0 saturated carbocycles. The second-order valence-corrected chi connectivity index (χ2v) is 13.7. The van der Waals surface area contributed by atoms with Gasteiger partial charge in [0.1, 0.15) is 11.2 Å². The first-order valence-corrected chi connectivity index (χ1v) is 18.4. The van der Waals surface area contributed by atoms with Gasteiger partial charge in [0, 0.05) is 27.7 Å². The Kier molecular flexibility index (Phi) is 7.85. The lowest BCUT2D eigenvalue weighted by atomic mass is 9.95. The molecular formula is C52H35NO. The van der Waals surface area contributed by atoms with Crippen LogP contribution in [0.4, 0.5) is 17.1 Å². The van der Waals surface area contributed by atoms with Crippen molar-refractivity contribution in [2.75, 3.05) is 4.90 Å². The number of nitrogens with zero attached hydrogens (tertiary/aromatic N) is 1. The smallest absolute Gasteiger partial charge is 0.135 e. The Balaban J connectivity index is 1.04. The molecule has 9 aromatic carbocycles. The fraction of sp³-hybridized carbons (Fsp3) is 0. The molecule has 0 radical (unpaired) electrons. The van der Waals surface area contributed by atoms with Crippen LogP contribution in [0.15, 0.2) is 217 Å². The number of anilines is 3. The highest BCUT2D eigenvalue weighted by Gasteiger charge is 2.18. The van der Waals surface area contributed by atoms with Crippen molar-refractivity contribution >= 4 is 49.8 Å². The van der Waals surface area contributed by atoms with Crippen molar-refractivity contribution < 1.29 is 4.42 Å². The van der Waals surface area contributed by atoms with Crippen LogP contribution >= 0.6 is 0 Å². The van der Waals surface area contributed by atoms with Crippen LogP contribution in [-0.4, -0.2) is 0 Å². The molecule has 0 N–H and O–H groups in total. The SMILES string of the molecule is c1ccc(-c2ccccc2N(c2ccc(-c3cccc(-c4cccc5ccccc45)c3)cc2)c2ccc(-c3ccc4oc5ccccc5c4c3)cc2)cc1. The monoisotopic (exact) mass is 689 g/mol. The lowest BCUT2D eigenvalue weighted by molar-refractivity contribution is 0.669. The van der Waals surface area contributed by atoms with Crippen LogP contribution in [0, 0.1) is 0 Å². The summed E-state index contributed by atoms with van der Waals surface area (Å²) in [5.74, 6) is 0. The van der Waals surface area contributed by atoms with Crippen LogP contribution in [0.2, 0.25) is 0 Å². The summed E-state index contributed by atoms with van der Waals surface area (Å²) in [5, 5.41) is 4.79. The number of rotatable bonds is 7. The Labute approximate surface area is 314 Å². The van der Waals surface area contributed by atoms with Gasteiger partial charge in [0.2, 0.25) is 0 Å². The van der Waals surface area contributed by atoms with Crippen LogP contribution in [-0.2, 0) is 0 Å². The molecule has 0 unspecified atom stereocenters. The number of hydrogen-bond acceptors (Lipinski definition) is 2. The van der Waals surface area contributed by atoms with Gasteiger partial charge >= 0.3 is 0 Å². The summed E-state index contributed by atoms with van der Waals surface area (Å²) in [6, 6.07) is 76.0. The van der Waals surface area contributed by atoms with Gasteiger partial charge in [-0.15, -0.1) is 0 Å². The summed E-state index contributed by atoms with van der Waals surface area (Å²) in [5.41, 5.74) is 14.6. The maximum atomic E-state index is 6.11. The highest BCUT2D eigenvalue weighted by Crippen LogP contribution is 2.42. The van der Waals surface area contributed by atoms with Crippen molar-refractivity contribution in [3.05, 3.63) is 212 Å². The molecule has 0 fully saturated rings. The minimum atomic E-state index is 0.906. The van der Waals surface area contributed by atoms with Crippen molar-refractivity contribution in [3.63, 3.8) is 0 Å². The molecule has 0 saturated heterocycles. The second-order valence-electron chi connectivity index (χ2n) is 13.7. The van der Waals surface area contributed by atoms with Gasteiger partial charge in [0.15, 0.2) is 0 Å². The third kappa shape index (κ3) is 5.71. The zero-order valence-corrected chi connectivity index (χ0v) is 29.6. The van der Waals surface area contributed by atoms with Crippen LogP contribution in [0.1, 0.15) is 0 Å². The Morgan fingerprint density at radius 2 is 0.833 bits per heavy atom.